The number of rotatable bonds is 6. The number of fused-ring (bicyclic) bond motifs is 1. The second kappa shape index (κ2) is 7.84. The van der Waals surface area contributed by atoms with Crippen molar-refractivity contribution in [1.29, 1.82) is 0 Å². The summed E-state index contributed by atoms with van der Waals surface area (Å²) in [5.41, 5.74) is 4.11. The molecule has 2 aromatic carbocycles. The Morgan fingerprint density at radius 1 is 1.14 bits per heavy atom. The maximum Gasteiger partial charge on any atom is 0.305 e. The summed E-state index contributed by atoms with van der Waals surface area (Å²) in [4.78, 5) is 27.9. The van der Waals surface area contributed by atoms with E-state index in [4.69, 9.17) is 5.11 Å². The lowest BCUT2D eigenvalue weighted by Gasteiger charge is -2.08. The van der Waals surface area contributed by atoms with Gasteiger partial charge in [0, 0.05) is 17.4 Å². The summed E-state index contributed by atoms with van der Waals surface area (Å²) >= 11 is 1.63. The molecule has 2 heterocycles. The second-order valence-electron chi connectivity index (χ2n) is 6.61. The van der Waals surface area contributed by atoms with Crippen LogP contribution < -0.4 is 5.32 Å². The highest BCUT2D eigenvalue weighted by Crippen LogP contribution is 2.31. The molecule has 1 amide bonds. The van der Waals surface area contributed by atoms with Crippen molar-refractivity contribution >= 4 is 39.1 Å². The van der Waals surface area contributed by atoms with E-state index in [1.54, 1.807) is 17.4 Å². The number of nitrogens with zero attached hydrogens (tertiary/aromatic N) is 3. The van der Waals surface area contributed by atoms with Crippen LogP contribution in [0.1, 0.15) is 22.5 Å². The lowest BCUT2D eigenvalue weighted by atomic mass is 10.2. The van der Waals surface area contributed by atoms with Crippen LogP contribution in [0.4, 0.5) is 5.69 Å². The molecule has 8 heteroatoms. The van der Waals surface area contributed by atoms with Gasteiger partial charge in [0.15, 0.2) is 0 Å². The summed E-state index contributed by atoms with van der Waals surface area (Å²) in [6.45, 7) is 2.20. The monoisotopic (exact) mass is 406 g/mol. The van der Waals surface area contributed by atoms with Crippen LogP contribution in [0, 0.1) is 6.92 Å². The zero-order valence-electron chi connectivity index (χ0n) is 15.6. The maximum absolute atomic E-state index is 12.5. The van der Waals surface area contributed by atoms with Crippen molar-refractivity contribution in [2.24, 2.45) is 0 Å². The number of carboxylic acids is 1. The van der Waals surface area contributed by atoms with E-state index in [0.29, 0.717) is 11.4 Å². The zero-order chi connectivity index (χ0) is 20.4. The van der Waals surface area contributed by atoms with Gasteiger partial charge in [-0.3, -0.25) is 14.3 Å². The van der Waals surface area contributed by atoms with Gasteiger partial charge < -0.3 is 10.4 Å². The van der Waals surface area contributed by atoms with Gasteiger partial charge in [0.2, 0.25) is 0 Å². The highest BCUT2D eigenvalue weighted by molar-refractivity contribution is 7.21. The SMILES string of the molecule is Cc1ccc2nc(-c3ccc(NC(=O)c4ccnn4CCC(=O)O)cc3)sc2c1. The Kier molecular flexibility index (Phi) is 5.09. The first kappa shape index (κ1) is 18.8. The molecule has 2 N–H and O–H groups in total. The number of benzene rings is 2. The predicted octanol–water partition coefficient (Wildman–Crippen LogP) is 4.20. The molecule has 2 aromatic heterocycles. The number of anilines is 1. The quantitative estimate of drug-likeness (QED) is 0.500. The molecule has 0 bridgehead atoms. The third kappa shape index (κ3) is 4.17. The van der Waals surface area contributed by atoms with Crippen LogP contribution in [0.15, 0.2) is 54.7 Å². The van der Waals surface area contributed by atoms with Gasteiger partial charge in [-0.1, -0.05) is 6.07 Å². The molecular formula is C21H18N4O3S. The van der Waals surface area contributed by atoms with Crippen LogP contribution in [0.2, 0.25) is 0 Å². The number of thiazole rings is 1. The zero-order valence-corrected chi connectivity index (χ0v) is 16.4. The van der Waals surface area contributed by atoms with Gasteiger partial charge in [-0.05, 0) is 55.0 Å². The smallest absolute Gasteiger partial charge is 0.305 e. The molecule has 0 radical (unpaired) electrons. The summed E-state index contributed by atoms with van der Waals surface area (Å²) in [6, 6.07) is 15.2. The number of carbonyl (C=O) groups excluding carboxylic acids is 1. The molecule has 0 aliphatic heterocycles. The van der Waals surface area contributed by atoms with E-state index in [9.17, 15) is 9.59 Å². The summed E-state index contributed by atoms with van der Waals surface area (Å²) < 4.78 is 2.54. The van der Waals surface area contributed by atoms with Gasteiger partial charge in [0.25, 0.3) is 5.91 Å². The summed E-state index contributed by atoms with van der Waals surface area (Å²) in [5.74, 6) is -1.27. The predicted molar refractivity (Wildman–Crippen MR) is 112 cm³/mol. The average Bonchev–Trinajstić information content (AvgIpc) is 3.33. The topological polar surface area (TPSA) is 97.1 Å². The molecule has 0 unspecified atom stereocenters. The van der Waals surface area contributed by atoms with E-state index >= 15 is 0 Å². The number of aryl methyl sites for hydroxylation is 2. The van der Waals surface area contributed by atoms with E-state index in [1.807, 2.05) is 36.4 Å². The number of aliphatic carboxylic acids is 1. The third-order valence-electron chi connectivity index (χ3n) is 4.42. The van der Waals surface area contributed by atoms with Crippen LogP contribution in [0.3, 0.4) is 0 Å². The molecule has 0 saturated heterocycles. The highest BCUT2D eigenvalue weighted by Gasteiger charge is 2.13. The van der Waals surface area contributed by atoms with Gasteiger partial charge in [-0.2, -0.15) is 5.10 Å². The fraction of sp³-hybridized carbons (Fsp3) is 0.143. The van der Waals surface area contributed by atoms with E-state index in [2.05, 4.69) is 28.4 Å². The summed E-state index contributed by atoms with van der Waals surface area (Å²) in [6.07, 6.45) is 1.38. The molecule has 4 aromatic rings. The molecule has 146 valence electrons. The minimum atomic E-state index is -0.938. The normalized spacial score (nSPS) is 10.9. The van der Waals surface area contributed by atoms with Crippen molar-refractivity contribution in [2.75, 3.05) is 5.32 Å². The fourth-order valence-corrected chi connectivity index (χ4v) is 4.02. The first-order valence-corrected chi connectivity index (χ1v) is 9.84. The highest BCUT2D eigenvalue weighted by atomic mass is 32.1. The molecule has 0 spiro atoms. The Morgan fingerprint density at radius 2 is 1.93 bits per heavy atom. The van der Waals surface area contributed by atoms with Gasteiger partial charge in [-0.25, -0.2) is 4.98 Å². The van der Waals surface area contributed by atoms with Crippen molar-refractivity contribution in [2.45, 2.75) is 19.9 Å². The van der Waals surface area contributed by atoms with Crippen LogP contribution >= 0.6 is 11.3 Å². The molecular weight excluding hydrogens is 388 g/mol. The number of hydrogen-bond donors (Lipinski definition) is 2. The Morgan fingerprint density at radius 3 is 2.69 bits per heavy atom. The minimum absolute atomic E-state index is 0.0989. The van der Waals surface area contributed by atoms with Crippen molar-refractivity contribution in [3.63, 3.8) is 0 Å². The first-order chi connectivity index (χ1) is 14.0. The Hall–Kier alpha value is -3.52. The molecule has 7 nitrogen and oxygen atoms in total. The van der Waals surface area contributed by atoms with E-state index in [1.165, 1.54) is 16.4 Å². The average molecular weight is 406 g/mol. The standard InChI is InChI=1S/C21H18N4O3S/c1-13-2-7-16-18(12-13)29-21(24-16)14-3-5-15(6-4-14)23-20(28)17-8-10-22-25(17)11-9-19(26)27/h2-8,10,12H,9,11H2,1H3,(H,23,28)(H,26,27). The number of nitrogens with one attached hydrogen (secondary N) is 1. The largest absolute Gasteiger partial charge is 0.481 e. The molecule has 0 saturated carbocycles. The minimum Gasteiger partial charge on any atom is -0.481 e. The maximum atomic E-state index is 12.5. The van der Waals surface area contributed by atoms with E-state index in [0.717, 1.165) is 20.8 Å². The van der Waals surface area contributed by atoms with Gasteiger partial charge in [0.05, 0.1) is 23.2 Å². The Balaban J connectivity index is 1.49. The van der Waals surface area contributed by atoms with Crippen LogP contribution in [-0.4, -0.2) is 31.7 Å². The molecule has 29 heavy (non-hydrogen) atoms. The molecule has 0 aliphatic carbocycles. The van der Waals surface area contributed by atoms with Gasteiger partial charge >= 0.3 is 5.97 Å². The van der Waals surface area contributed by atoms with E-state index < -0.39 is 5.97 Å². The lowest BCUT2D eigenvalue weighted by Crippen LogP contribution is -2.18. The lowest BCUT2D eigenvalue weighted by molar-refractivity contribution is -0.137. The first-order valence-electron chi connectivity index (χ1n) is 9.02. The number of carbonyl (C=O) groups is 2. The third-order valence-corrected chi connectivity index (χ3v) is 5.49. The molecule has 4 rings (SSSR count). The Bertz CT molecular complexity index is 1190. The van der Waals surface area contributed by atoms with Gasteiger partial charge in [0.1, 0.15) is 10.7 Å². The summed E-state index contributed by atoms with van der Waals surface area (Å²) in [7, 11) is 0. The molecule has 0 aliphatic rings. The van der Waals surface area contributed by atoms with Gasteiger partial charge in [-0.15, -0.1) is 11.3 Å². The summed E-state index contributed by atoms with van der Waals surface area (Å²) in [5, 5.41) is 16.6. The number of carboxylic acid groups (broad SMARTS) is 1. The van der Waals surface area contributed by atoms with Crippen molar-refractivity contribution in [1.82, 2.24) is 14.8 Å². The van der Waals surface area contributed by atoms with Crippen molar-refractivity contribution in [3.8, 4) is 10.6 Å². The van der Waals surface area contributed by atoms with Crippen LogP contribution in [0.25, 0.3) is 20.8 Å². The fourth-order valence-electron chi connectivity index (χ4n) is 2.95. The molecule has 0 atom stereocenters. The van der Waals surface area contributed by atoms with E-state index in [-0.39, 0.29) is 18.9 Å². The number of hydrogen-bond acceptors (Lipinski definition) is 5. The number of amides is 1. The van der Waals surface area contributed by atoms with Crippen LogP contribution in [0.5, 0.6) is 0 Å². The van der Waals surface area contributed by atoms with Crippen LogP contribution in [-0.2, 0) is 11.3 Å². The Labute approximate surface area is 170 Å². The van der Waals surface area contributed by atoms with Crippen molar-refractivity contribution in [3.05, 3.63) is 66.0 Å². The number of aromatic nitrogens is 3. The second-order valence-corrected chi connectivity index (χ2v) is 7.64. The van der Waals surface area contributed by atoms with Crippen molar-refractivity contribution < 1.29 is 14.7 Å². The molecule has 0 fully saturated rings.